The molecule has 2 aromatic rings. The molecule has 3 rings (SSSR count). The average molecular weight is 388 g/mol. The van der Waals surface area contributed by atoms with E-state index in [2.05, 4.69) is 0 Å². The Morgan fingerprint density at radius 3 is 2.48 bits per heavy atom. The molecule has 2 aromatic carbocycles. The molecule has 5 nitrogen and oxygen atoms in total. The van der Waals surface area contributed by atoms with Gasteiger partial charge in [-0.2, -0.15) is 4.31 Å². The number of nitrogens with zero attached hydrogens (tertiary/aromatic N) is 1. The molecule has 0 saturated carbocycles. The summed E-state index contributed by atoms with van der Waals surface area (Å²) in [6, 6.07) is 12.0. The maximum absolute atomic E-state index is 13.0. The fourth-order valence-electron chi connectivity index (χ4n) is 3.54. The van der Waals surface area contributed by atoms with Crippen LogP contribution in [0.2, 0.25) is 0 Å². The van der Waals surface area contributed by atoms with E-state index in [9.17, 15) is 13.2 Å². The van der Waals surface area contributed by atoms with Gasteiger partial charge in [0.2, 0.25) is 10.0 Å². The molecule has 1 saturated heterocycles. The van der Waals surface area contributed by atoms with E-state index in [-0.39, 0.29) is 11.5 Å². The molecule has 1 aliphatic heterocycles. The van der Waals surface area contributed by atoms with E-state index in [0.717, 1.165) is 16.7 Å². The average Bonchev–Trinajstić information content (AvgIpc) is 3.13. The third kappa shape index (κ3) is 4.22. The van der Waals surface area contributed by atoms with E-state index < -0.39 is 16.1 Å². The Hall–Kier alpha value is -2.18. The largest absolute Gasteiger partial charge is 0.496 e. The summed E-state index contributed by atoms with van der Waals surface area (Å²) >= 11 is 0. The number of rotatable bonds is 6. The fraction of sp³-hybridized carbons (Fsp3) is 0.381. The number of methoxy groups -OCH3 is 1. The van der Waals surface area contributed by atoms with E-state index in [4.69, 9.17) is 4.74 Å². The van der Waals surface area contributed by atoms with E-state index >= 15 is 0 Å². The molecule has 6 heteroatoms. The van der Waals surface area contributed by atoms with Crippen LogP contribution in [0, 0.1) is 13.8 Å². The number of Topliss-reactive ketones (excluding diaryl/α,β-unsaturated/α-hetero) is 1. The van der Waals surface area contributed by atoms with Crippen LogP contribution in [-0.4, -0.2) is 38.2 Å². The number of aryl methyl sites for hydroxylation is 2. The van der Waals surface area contributed by atoms with Gasteiger partial charge in [0.1, 0.15) is 5.75 Å². The van der Waals surface area contributed by atoms with Gasteiger partial charge < -0.3 is 4.74 Å². The predicted octanol–water partition coefficient (Wildman–Crippen LogP) is 3.49. The molecule has 1 unspecified atom stereocenters. The summed E-state index contributed by atoms with van der Waals surface area (Å²) in [5, 5.41) is 0. The van der Waals surface area contributed by atoms with Gasteiger partial charge in [-0.1, -0.05) is 29.8 Å². The SMILES string of the molecule is COc1ccc(C(=O)C2CCCN2S(=O)(=O)Cc2ccc(C)cc2)cc1C. The van der Waals surface area contributed by atoms with Gasteiger partial charge in [0.25, 0.3) is 0 Å². The van der Waals surface area contributed by atoms with Gasteiger partial charge in [0, 0.05) is 12.1 Å². The Morgan fingerprint density at radius 2 is 1.85 bits per heavy atom. The summed E-state index contributed by atoms with van der Waals surface area (Å²) in [4.78, 5) is 13.0. The van der Waals surface area contributed by atoms with Gasteiger partial charge in [0.15, 0.2) is 5.78 Å². The lowest BCUT2D eigenvalue weighted by atomic mass is 10.0. The summed E-state index contributed by atoms with van der Waals surface area (Å²) in [7, 11) is -1.98. The first kappa shape index (κ1) is 19.6. The van der Waals surface area contributed by atoms with Crippen molar-refractivity contribution in [2.45, 2.75) is 38.5 Å². The molecule has 1 aliphatic rings. The van der Waals surface area contributed by atoms with Crippen LogP contribution in [0.5, 0.6) is 5.75 Å². The molecule has 0 N–H and O–H groups in total. The van der Waals surface area contributed by atoms with Crippen LogP contribution in [-0.2, 0) is 15.8 Å². The minimum atomic E-state index is -3.56. The van der Waals surface area contributed by atoms with Crippen molar-refractivity contribution in [3.8, 4) is 5.75 Å². The molecule has 1 fully saturated rings. The topological polar surface area (TPSA) is 63.7 Å². The normalized spacial score (nSPS) is 17.8. The third-order valence-electron chi connectivity index (χ3n) is 5.01. The van der Waals surface area contributed by atoms with Crippen LogP contribution in [0.25, 0.3) is 0 Å². The highest BCUT2D eigenvalue weighted by molar-refractivity contribution is 7.88. The number of carbonyl (C=O) groups is 1. The van der Waals surface area contributed by atoms with E-state index in [1.807, 2.05) is 38.1 Å². The minimum Gasteiger partial charge on any atom is -0.496 e. The lowest BCUT2D eigenvalue weighted by molar-refractivity contribution is 0.0918. The first-order chi connectivity index (χ1) is 12.8. The monoisotopic (exact) mass is 387 g/mol. The number of benzene rings is 2. The van der Waals surface area contributed by atoms with Crippen LogP contribution < -0.4 is 4.74 Å². The molecule has 0 amide bonds. The molecule has 27 heavy (non-hydrogen) atoms. The zero-order valence-corrected chi connectivity index (χ0v) is 16.8. The molecule has 0 spiro atoms. The second kappa shape index (κ2) is 7.82. The smallest absolute Gasteiger partial charge is 0.218 e. The Labute approximate surface area is 161 Å². The lowest BCUT2D eigenvalue weighted by Crippen LogP contribution is -2.41. The van der Waals surface area contributed by atoms with Gasteiger partial charge in [-0.3, -0.25) is 4.79 Å². The Kier molecular flexibility index (Phi) is 5.67. The highest BCUT2D eigenvalue weighted by Crippen LogP contribution is 2.28. The number of carbonyl (C=O) groups excluding carboxylic acids is 1. The van der Waals surface area contributed by atoms with Crippen LogP contribution in [0.15, 0.2) is 42.5 Å². The molecule has 0 bridgehead atoms. The van der Waals surface area contributed by atoms with Crippen molar-refractivity contribution >= 4 is 15.8 Å². The first-order valence-electron chi connectivity index (χ1n) is 9.06. The standard InChI is InChI=1S/C21H25NO4S/c1-15-6-8-17(9-7-15)14-27(24,25)22-12-4-5-19(22)21(23)18-10-11-20(26-3)16(2)13-18/h6-11,13,19H,4-5,12,14H2,1-3H3. The Balaban J connectivity index is 1.82. The molecule has 0 radical (unpaired) electrons. The van der Waals surface area contributed by atoms with Crippen molar-refractivity contribution in [1.29, 1.82) is 0 Å². The van der Waals surface area contributed by atoms with E-state index in [1.165, 1.54) is 4.31 Å². The van der Waals surface area contributed by atoms with Crippen molar-refractivity contribution in [3.63, 3.8) is 0 Å². The number of hydrogen-bond donors (Lipinski definition) is 0. The summed E-state index contributed by atoms with van der Waals surface area (Å²) < 4.78 is 32.5. The third-order valence-corrected chi connectivity index (χ3v) is 6.86. The Morgan fingerprint density at radius 1 is 1.15 bits per heavy atom. The van der Waals surface area contributed by atoms with Crippen LogP contribution in [0.4, 0.5) is 0 Å². The van der Waals surface area contributed by atoms with Crippen LogP contribution >= 0.6 is 0 Å². The highest BCUT2D eigenvalue weighted by atomic mass is 32.2. The molecule has 1 heterocycles. The molecule has 144 valence electrons. The summed E-state index contributed by atoms with van der Waals surface area (Å²) in [6.07, 6.45) is 1.25. The van der Waals surface area contributed by atoms with Gasteiger partial charge in [-0.15, -0.1) is 0 Å². The maximum Gasteiger partial charge on any atom is 0.218 e. The van der Waals surface area contributed by atoms with Gasteiger partial charge in [-0.05, 0) is 56.0 Å². The first-order valence-corrected chi connectivity index (χ1v) is 10.7. The van der Waals surface area contributed by atoms with Crippen LogP contribution in [0.1, 0.15) is 39.9 Å². The molecule has 0 aromatic heterocycles. The zero-order chi connectivity index (χ0) is 19.6. The number of ether oxygens (including phenoxy) is 1. The number of ketones is 1. The zero-order valence-electron chi connectivity index (χ0n) is 15.9. The van der Waals surface area contributed by atoms with Crippen molar-refractivity contribution in [2.75, 3.05) is 13.7 Å². The summed E-state index contributed by atoms with van der Waals surface area (Å²) in [6.45, 7) is 4.22. The quantitative estimate of drug-likeness (QED) is 0.712. The Bertz CT molecular complexity index is 935. The van der Waals surface area contributed by atoms with Crippen molar-refractivity contribution in [1.82, 2.24) is 4.31 Å². The van der Waals surface area contributed by atoms with Crippen molar-refractivity contribution in [3.05, 3.63) is 64.7 Å². The molecule has 0 aliphatic carbocycles. The molecule has 1 atom stereocenters. The predicted molar refractivity (Wildman–Crippen MR) is 106 cm³/mol. The molecular formula is C21H25NO4S. The lowest BCUT2D eigenvalue weighted by Gasteiger charge is -2.23. The summed E-state index contributed by atoms with van der Waals surface area (Å²) in [5.74, 6) is 0.478. The fourth-order valence-corrected chi connectivity index (χ4v) is 5.31. The highest BCUT2D eigenvalue weighted by Gasteiger charge is 2.38. The van der Waals surface area contributed by atoms with Gasteiger partial charge >= 0.3 is 0 Å². The van der Waals surface area contributed by atoms with Gasteiger partial charge in [0.05, 0.1) is 18.9 Å². The van der Waals surface area contributed by atoms with E-state index in [1.54, 1.807) is 25.3 Å². The van der Waals surface area contributed by atoms with Crippen molar-refractivity contribution in [2.24, 2.45) is 0 Å². The second-order valence-electron chi connectivity index (χ2n) is 7.06. The summed E-state index contributed by atoms with van der Waals surface area (Å²) in [5.41, 5.74) is 3.20. The van der Waals surface area contributed by atoms with Crippen LogP contribution in [0.3, 0.4) is 0 Å². The van der Waals surface area contributed by atoms with E-state index in [0.29, 0.717) is 30.7 Å². The number of sulfonamides is 1. The molecular weight excluding hydrogens is 362 g/mol. The minimum absolute atomic E-state index is 0.0846. The van der Waals surface area contributed by atoms with Crippen molar-refractivity contribution < 1.29 is 17.9 Å². The number of hydrogen-bond acceptors (Lipinski definition) is 4. The maximum atomic E-state index is 13.0. The van der Waals surface area contributed by atoms with Gasteiger partial charge in [-0.25, -0.2) is 8.42 Å². The second-order valence-corrected chi connectivity index (χ2v) is 8.98.